The molecule has 1 heterocycles. The molecule has 40 heavy (non-hydrogen) atoms. The number of nitrogens with one attached hydrogen (secondary N) is 1. The van der Waals surface area contributed by atoms with Crippen molar-refractivity contribution < 1.29 is 14.3 Å². The third-order valence-electron chi connectivity index (χ3n) is 6.55. The van der Waals surface area contributed by atoms with Gasteiger partial charge in [0, 0.05) is 13.1 Å². The van der Waals surface area contributed by atoms with Crippen LogP contribution in [0.25, 0.3) is 0 Å². The van der Waals surface area contributed by atoms with Gasteiger partial charge in [-0.25, -0.2) is 14.3 Å². The van der Waals surface area contributed by atoms with Crippen LogP contribution in [0, 0.1) is 0 Å². The van der Waals surface area contributed by atoms with Crippen molar-refractivity contribution in [3.05, 3.63) is 86.6 Å². The minimum Gasteiger partial charge on any atom is -0.476 e. The Morgan fingerprint density at radius 1 is 0.925 bits per heavy atom. The maximum absolute atomic E-state index is 13.3. The van der Waals surface area contributed by atoms with Crippen molar-refractivity contribution in [2.24, 2.45) is 0 Å². The Balaban J connectivity index is 1.70. The lowest BCUT2D eigenvalue weighted by Crippen LogP contribution is -2.43. The largest absolute Gasteiger partial charge is 0.476 e. The first-order valence-corrected chi connectivity index (χ1v) is 14.2. The topological polar surface area (TPSA) is 104 Å². The molecule has 0 radical (unpaired) electrons. The Morgan fingerprint density at radius 3 is 2.30 bits per heavy atom. The van der Waals surface area contributed by atoms with Crippen LogP contribution in [0.1, 0.15) is 70.9 Å². The number of unbranched alkanes of at least 4 members (excludes halogenated alkanes) is 4. The van der Waals surface area contributed by atoms with Crippen LogP contribution >= 0.6 is 0 Å². The van der Waals surface area contributed by atoms with Crippen molar-refractivity contribution in [2.45, 2.75) is 84.9 Å². The second kappa shape index (κ2) is 15.1. The number of benzene rings is 2. The third kappa shape index (κ3) is 8.83. The van der Waals surface area contributed by atoms with Crippen molar-refractivity contribution >= 4 is 11.8 Å². The van der Waals surface area contributed by atoms with Gasteiger partial charge >= 0.3 is 11.7 Å². The SMILES string of the molecule is CCCCCCCn1nc(NCCc2ccc(OC(C)(C)C(=O)OCC)cc2)c(=O)n(Cc2ccccc2)c1=O. The number of aryl methyl sites for hydroxylation is 1. The average molecular weight is 551 g/mol. The molecule has 9 heteroatoms. The summed E-state index contributed by atoms with van der Waals surface area (Å²) in [6.45, 7) is 8.67. The Morgan fingerprint density at radius 2 is 1.62 bits per heavy atom. The van der Waals surface area contributed by atoms with Gasteiger partial charge in [0.2, 0.25) is 5.82 Å². The van der Waals surface area contributed by atoms with Gasteiger partial charge in [-0.05, 0) is 56.9 Å². The van der Waals surface area contributed by atoms with E-state index in [1.165, 1.54) is 15.7 Å². The molecule has 3 aromatic rings. The molecule has 0 amide bonds. The van der Waals surface area contributed by atoms with E-state index >= 15 is 0 Å². The van der Waals surface area contributed by atoms with E-state index in [4.69, 9.17) is 9.47 Å². The van der Waals surface area contributed by atoms with Crippen LogP contribution in [0.2, 0.25) is 0 Å². The van der Waals surface area contributed by atoms with Crippen molar-refractivity contribution in [3.8, 4) is 5.75 Å². The highest BCUT2D eigenvalue weighted by atomic mass is 16.6. The lowest BCUT2D eigenvalue weighted by Gasteiger charge is -2.24. The molecule has 0 aliphatic carbocycles. The van der Waals surface area contributed by atoms with Crippen molar-refractivity contribution in [2.75, 3.05) is 18.5 Å². The van der Waals surface area contributed by atoms with E-state index in [2.05, 4.69) is 17.3 Å². The number of ether oxygens (including phenoxy) is 2. The smallest absolute Gasteiger partial charge is 0.349 e. The highest BCUT2D eigenvalue weighted by Crippen LogP contribution is 2.20. The minimum absolute atomic E-state index is 0.167. The fourth-order valence-electron chi connectivity index (χ4n) is 4.28. The number of hydrogen-bond acceptors (Lipinski definition) is 7. The molecule has 0 aliphatic rings. The molecule has 2 aromatic carbocycles. The lowest BCUT2D eigenvalue weighted by atomic mass is 10.1. The quantitative estimate of drug-likeness (QED) is 0.202. The van der Waals surface area contributed by atoms with E-state index in [9.17, 15) is 14.4 Å². The Kier molecular flexibility index (Phi) is 11.5. The number of carbonyl (C=O) groups excluding carboxylic acids is 1. The molecular weight excluding hydrogens is 508 g/mol. The molecule has 0 atom stereocenters. The highest BCUT2D eigenvalue weighted by molar-refractivity contribution is 5.79. The van der Waals surface area contributed by atoms with Crippen LogP contribution in [0.4, 0.5) is 5.82 Å². The van der Waals surface area contributed by atoms with Gasteiger partial charge in [0.15, 0.2) is 5.60 Å². The van der Waals surface area contributed by atoms with Crippen LogP contribution in [-0.2, 0) is 29.0 Å². The molecule has 0 bridgehead atoms. The van der Waals surface area contributed by atoms with Gasteiger partial charge in [0.25, 0.3) is 5.56 Å². The standard InChI is InChI=1S/C31H42N4O5/c1-5-7-8-9-13-22-35-30(38)34(23-25-14-11-10-12-15-25)28(36)27(33-35)32-21-20-24-16-18-26(19-17-24)40-31(3,4)29(37)39-6-2/h10-12,14-19H,5-9,13,20-23H2,1-4H3,(H,32,33). The van der Waals surface area contributed by atoms with Gasteiger partial charge < -0.3 is 14.8 Å². The Bertz CT molecular complexity index is 1330. The first-order chi connectivity index (χ1) is 19.2. The van der Waals surface area contributed by atoms with Crippen molar-refractivity contribution in [1.82, 2.24) is 14.3 Å². The van der Waals surface area contributed by atoms with E-state index in [-0.39, 0.29) is 12.4 Å². The zero-order valence-electron chi connectivity index (χ0n) is 24.2. The summed E-state index contributed by atoms with van der Waals surface area (Å²) in [5.74, 6) is 0.308. The van der Waals surface area contributed by atoms with Crippen molar-refractivity contribution in [3.63, 3.8) is 0 Å². The van der Waals surface area contributed by atoms with E-state index in [1.807, 2.05) is 42.5 Å². The summed E-state index contributed by atoms with van der Waals surface area (Å²) in [6.07, 6.45) is 5.90. The second-order valence-electron chi connectivity index (χ2n) is 10.3. The van der Waals surface area contributed by atoms with E-state index in [0.717, 1.165) is 36.8 Å². The molecule has 0 unspecified atom stereocenters. The molecule has 0 aliphatic heterocycles. The van der Waals surface area contributed by atoms with E-state index in [0.29, 0.717) is 31.9 Å². The monoisotopic (exact) mass is 550 g/mol. The molecule has 0 saturated heterocycles. The molecule has 216 valence electrons. The fourth-order valence-corrected chi connectivity index (χ4v) is 4.28. The summed E-state index contributed by atoms with van der Waals surface area (Å²) in [5, 5.41) is 7.56. The molecule has 0 fully saturated rings. The number of esters is 1. The van der Waals surface area contributed by atoms with Crippen LogP contribution in [0.5, 0.6) is 5.75 Å². The van der Waals surface area contributed by atoms with Gasteiger partial charge in [0.05, 0.1) is 13.2 Å². The zero-order chi connectivity index (χ0) is 29.0. The van der Waals surface area contributed by atoms with Crippen molar-refractivity contribution in [1.29, 1.82) is 0 Å². The summed E-state index contributed by atoms with van der Waals surface area (Å²) < 4.78 is 13.6. The average Bonchev–Trinajstić information content (AvgIpc) is 2.94. The fraction of sp³-hybridized carbons (Fsp3) is 0.484. The minimum atomic E-state index is -1.09. The number of rotatable bonds is 16. The van der Waals surface area contributed by atoms with Crippen LogP contribution in [0.3, 0.4) is 0 Å². The number of anilines is 1. The van der Waals surface area contributed by atoms with Gasteiger partial charge in [-0.15, -0.1) is 5.10 Å². The molecule has 0 spiro atoms. The maximum Gasteiger partial charge on any atom is 0.349 e. The summed E-state index contributed by atoms with van der Waals surface area (Å²) in [6, 6.07) is 16.9. The number of hydrogen-bond donors (Lipinski definition) is 1. The van der Waals surface area contributed by atoms with E-state index in [1.54, 1.807) is 32.9 Å². The maximum atomic E-state index is 13.3. The first kappa shape index (κ1) is 30.7. The Labute approximate surface area is 236 Å². The normalized spacial score (nSPS) is 11.3. The molecular formula is C31H42N4O5. The number of nitrogens with zero attached hydrogens (tertiary/aromatic N) is 3. The van der Waals surface area contributed by atoms with Gasteiger partial charge in [-0.3, -0.25) is 9.36 Å². The van der Waals surface area contributed by atoms with Crippen LogP contribution in [0.15, 0.2) is 64.2 Å². The molecule has 3 rings (SSSR count). The molecule has 9 nitrogen and oxygen atoms in total. The highest BCUT2D eigenvalue weighted by Gasteiger charge is 2.31. The lowest BCUT2D eigenvalue weighted by molar-refractivity contribution is -0.158. The zero-order valence-corrected chi connectivity index (χ0v) is 24.2. The van der Waals surface area contributed by atoms with Crippen LogP contribution < -0.4 is 21.3 Å². The second-order valence-corrected chi connectivity index (χ2v) is 10.3. The predicted octanol–water partition coefficient (Wildman–Crippen LogP) is 4.80. The number of carbonyl (C=O) groups is 1. The van der Waals surface area contributed by atoms with Gasteiger partial charge in [-0.1, -0.05) is 75.1 Å². The molecule has 1 aromatic heterocycles. The predicted molar refractivity (Wildman–Crippen MR) is 157 cm³/mol. The number of aromatic nitrogens is 3. The summed E-state index contributed by atoms with van der Waals surface area (Å²) in [5.41, 5.74) is -0.0227. The molecule has 0 saturated carbocycles. The summed E-state index contributed by atoms with van der Waals surface area (Å²) in [7, 11) is 0. The summed E-state index contributed by atoms with van der Waals surface area (Å²) in [4.78, 5) is 38.5. The van der Waals surface area contributed by atoms with Gasteiger partial charge in [0.1, 0.15) is 5.75 Å². The van der Waals surface area contributed by atoms with E-state index < -0.39 is 22.8 Å². The first-order valence-electron chi connectivity index (χ1n) is 14.2. The summed E-state index contributed by atoms with van der Waals surface area (Å²) >= 11 is 0. The van der Waals surface area contributed by atoms with Gasteiger partial charge in [-0.2, -0.15) is 0 Å². The van der Waals surface area contributed by atoms with Crippen LogP contribution in [-0.4, -0.2) is 39.1 Å². The molecule has 1 N–H and O–H groups in total. The third-order valence-corrected chi connectivity index (χ3v) is 6.55. The Hall–Kier alpha value is -3.88.